The molecular formula is C16H19FN2O2. The largest absolute Gasteiger partial charge is 0.384 e. The maximum Gasteiger partial charge on any atom is 0.282 e. The van der Waals surface area contributed by atoms with Crippen molar-refractivity contribution in [3.05, 3.63) is 58.3 Å². The zero-order valence-corrected chi connectivity index (χ0v) is 11.8. The van der Waals surface area contributed by atoms with Crippen molar-refractivity contribution in [2.24, 2.45) is 0 Å². The van der Waals surface area contributed by atoms with Crippen LogP contribution in [0.1, 0.15) is 30.9 Å². The molecule has 0 saturated carbocycles. The van der Waals surface area contributed by atoms with Crippen molar-refractivity contribution in [3.63, 3.8) is 0 Å². The number of nitrogens with zero attached hydrogens (tertiary/aromatic N) is 1. The van der Waals surface area contributed by atoms with Crippen LogP contribution in [-0.2, 0) is 6.42 Å². The summed E-state index contributed by atoms with van der Waals surface area (Å²) in [6.07, 6.45) is 5.10. The molecule has 0 radical (unpaired) electrons. The summed E-state index contributed by atoms with van der Waals surface area (Å²) in [7, 11) is 0. The molecule has 1 saturated heterocycles. The predicted octanol–water partition coefficient (Wildman–Crippen LogP) is 2.51. The molecule has 0 aliphatic carbocycles. The van der Waals surface area contributed by atoms with E-state index < -0.39 is 0 Å². The minimum Gasteiger partial charge on any atom is -0.384 e. The average molecular weight is 290 g/mol. The second kappa shape index (κ2) is 6.26. The lowest BCUT2D eigenvalue weighted by Crippen LogP contribution is -2.40. The zero-order chi connectivity index (χ0) is 14.7. The minimum atomic E-state index is -0.202. The van der Waals surface area contributed by atoms with Crippen molar-refractivity contribution in [3.8, 4) is 0 Å². The van der Waals surface area contributed by atoms with Gasteiger partial charge in [0, 0.05) is 12.1 Å². The van der Waals surface area contributed by atoms with Crippen LogP contribution in [0, 0.1) is 5.82 Å². The summed E-state index contributed by atoms with van der Waals surface area (Å²) in [5.74, 6) is -0.202. The number of piperidine rings is 1. The molecule has 4 nitrogen and oxygen atoms in total. The van der Waals surface area contributed by atoms with Crippen LogP contribution in [0.3, 0.4) is 0 Å². The Hall–Kier alpha value is -1.88. The van der Waals surface area contributed by atoms with Gasteiger partial charge in [0.2, 0.25) is 0 Å². The van der Waals surface area contributed by atoms with E-state index in [-0.39, 0.29) is 17.4 Å². The molecule has 1 aromatic carbocycles. The van der Waals surface area contributed by atoms with Crippen LogP contribution < -0.4 is 10.9 Å². The molecule has 0 spiro atoms. The molecule has 5 heteroatoms. The van der Waals surface area contributed by atoms with E-state index in [4.69, 9.17) is 4.52 Å². The molecule has 1 aromatic heterocycles. The van der Waals surface area contributed by atoms with E-state index in [9.17, 15) is 9.18 Å². The van der Waals surface area contributed by atoms with Gasteiger partial charge in [-0.2, -0.15) is 4.74 Å². The van der Waals surface area contributed by atoms with Crippen LogP contribution >= 0.6 is 0 Å². The quantitative estimate of drug-likeness (QED) is 0.941. The lowest BCUT2D eigenvalue weighted by molar-refractivity contribution is 0.159. The number of rotatable bonds is 4. The molecule has 2 atom stereocenters. The van der Waals surface area contributed by atoms with Gasteiger partial charge < -0.3 is 9.84 Å². The normalized spacial score (nSPS) is 22.3. The Labute approximate surface area is 122 Å². The van der Waals surface area contributed by atoms with Gasteiger partial charge in [0.1, 0.15) is 12.1 Å². The van der Waals surface area contributed by atoms with E-state index in [1.807, 2.05) is 12.1 Å². The third-order valence-corrected chi connectivity index (χ3v) is 4.10. The molecule has 2 heterocycles. The van der Waals surface area contributed by atoms with Gasteiger partial charge in [-0.05, 0) is 49.9 Å². The van der Waals surface area contributed by atoms with Crippen molar-refractivity contribution in [2.45, 2.75) is 37.8 Å². The molecule has 0 amide bonds. The van der Waals surface area contributed by atoms with Gasteiger partial charge in [-0.15, -0.1) is 0 Å². The second-order valence-corrected chi connectivity index (χ2v) is 5.57. The molecule has 2 aromatic rings. The lowest BCUT2D eigenvalue weighted by atomic mass is 9.94. The first-order chi connectivity index (χ1) is 10.2. The topological polar surface area (TPSA) is 47.2 Å². The van der Waals surface area contributed by atoms with Crippen LogP contribution in [0.5, 0.6) is 0 Å². The molecule has 112 valence electrons. The lowest BCUT2D eigenvalue weighted by Gasteiger charge is -2.29. The van der Waals surface area contributed by atoms with E-state index in [2.05, 4.69) is 5.32 Å². The fourth-order valence-corrected chi connectivity index (χ4v) is 2.95. The summed E-state index contributed by atoms with van der Waals surface area (Å²) >= 11 is 0. The Kier molecular flexibility index (Phi) is 4.20. The number of benzene rings is 1. The highest BCUT2D eigenvalue weighted by Gasteiger charge is 2.24. The Balaban J connectivity index is 1.58. The number of nitrogens with one attached hydrogen (secondary N) is 1. The Morgan fingerprint density at radius 3 is 2.81 bits per heavy atom. The monoisotopic (exact) mass is 290 g/mol. The molecule has 0 unspecified atom stereocenters. The van der Waals surface area contributed by atoms with E-state index in [1.165, 1.54) is 29.2 Å². The van der Waals surface area contributed by atoms with Crippen LogP contribution in [0.25, 0.3) is 0 Å². The van der Waals surface area contributed by atoms with Gasteiger partial charge in [0.15, 0.2) is 0 Å². The number of aromatic nitrogens is 1. The van der Waals surface area contributed by atoms with Crippen molar-refractivity contribution in [1.29, 1.82) is 0 Å². The number of hydrogen-bond donors (Lipinski definition) is 1. The summed E-state index contributed by atoms with van der Waals surface area (Å²) in [6.45, 7) is 0.881. The second-order valence-electron chi connectivity index (χ2n) is 5.57. The van der Waals surface area contributed by atoms with E-state index in [0.29, 0.717) is 6.04 Å². The van der Waals surface area contributed by atoms with Gasteiger partial charge >= 0.3 is 0 Å². The summed E-state index contributed by atoms with van der Waals surface area (Å²) in [5.41, 5.74) is 1.06. The van der Waals surface area contributed by atoms with Gasteiger partial charge in [0.05, 0.1) is 6.04 Å². The Bertz CT molecular complexity index is 632. The summed E-state index contributed by atoms with van der Waals surface area (Å²) in [5, 5.41) is 3.48. The smallest absolute Gasteiger partial charge is 0.282 e. The van der Waals surface area contributed by atoms with Crippen LogP contribution in [0.15, 0.2) is 45.9 Å². The van der Waals surface area contributed by atoms with Crippen LogP contribution in [0.2, 0.25) is 0 Å². The number of hydrogen-bond acceptors (Lipinski definition) is 3. The van der Waals surface area contributed by atoms with E-state index in [0.717, 1.165) is 37.8 Å². The Morgan fingerprint density at radius 1 is 1.29 bits per heavy atom. The standard InChI is InChI=1S/C16H19FN2O2/c17-13-4-1-12(2-5-13)3-6-14-11-15(7-9-18-14)19-16(20)8-10-21-19/h1-2,4-5,8,10,14-15,18H,3,6-7,9,11H2/t14-,15-/m1/s1. The van der Waals surface area contributed by atoms with Crippen molar-refractivity contribution in [1.82, 2.24) is 10.1 Å². The molecule has 3 rings (SSSR count). The average Bonchev–Trinajstić information content (AvgIpc) is 2.93. The van der Waals surface area contributed by atoms with Crippen LogP contribution in [-0.4, -0.2) is 17.3 Å². The van der Waals surface area contributed by atoms with E-state index in [1.54, 1.807) is 0 Å². The molecule has 1 aliphatic heterocycles. The van der Waals surface area contributed by atoms with Gasteiger partial charge in [-0.1, -0.05) is 12.1 Å². The Morgan fingerprint density at radius 2 is 2.10 bits per heavy atom. The van der Waals surface area contributed by atoms with Crippen LogP contribution in [0.4, 0.5) is 4.39 Å². The number of halogens is 1. The van der Waals surface area contributed by atoms with Gasteiger partial charge in [0.25, 0.3) is 5.56 Å². The molecule has 1 fully saturated rings. The van der Waals surface area contributed by atoms with Gasteiger partial charge in [-0.3, -0.25) is 4.79 Å². The maximum absolute atomic E-state index is 12.9. The predicted molar refractivity (Wildman–Crippen MR) is 77.8 cm³/mol. The highest BCUT2D eigenvalue weighted by atomic mass is 19.1. The zero-order valence-electron chi connectivity index (χ0n) is 11.8. The first-order valence-electron chi connectivity index (χ1n) is 7.37. The first-order valence-corrected chi connectivity index (χ1v) is 7.37. The highest BCUT2D eigenvalue weighted by molar-refractivity contribution is 5.16. The maximum atomic E-state index is 12.9. The van der Waals surface area contributed by atoms with E-state index >= 15 is 0 Å². The summed E-state index contributed by atoms with van der Waals surface area (Å²) < 4.78 is 19.6. The van der Waals surface area contributed by atoms with Crippen molar-refractivity contribution in [2.75, 3.05) is 6.54 Å². The third kappa shape index (κ3) is 3.42. The van der Waals surface area contributed by atoms with Gasteiger partial charge in [-0.25, -0.2) is 4.39 Å². The molecule has 1 aliphatic rings. The highest BCUT2D eigenvalue weighted by Crippen LogP contribution is 2.23. The molecule has 0 bridgehead atoms. The fourth-order valence-electron chi connectivity index (χ4n) is 2.95. The number of aryl methyl sites for hydroxylation is 1. The molecular weight excluding hydrogens is 271 g/mol. The third-order valence-electron chi connectivity index (χ3n) is 4.10. The van der Waals surface area contributed by atoms with Crippen molar-refractivity contribution >= 4 is 0 Å². The first kappa shape index (κ1) is 14.1. The summed E-state index contributed by atoms with van der Waals surface area (Å²) in [4.78, 5) is 11.6. The van der Waals surface area contributed by atoms with Crippen molar-refractivity contribution < 1.29 is 8.91 Å². The minimum absolute atomic E-state index is 0.0702. The fraction of sp³-hybridized carbons (Fsp3) is 0.438. The summed E-state index contributed by atoms with van der Waals surface area (Å²) in [6, 6.07) is 8.58. The molecule has 1 N–H and O–H groups in total. The SMILES string of the molecule is O=c1ccon1[C@@H]1CCN[C@H](CCc2ccc(F)cc2)C1. The molecule has 21 heavy (non-hydrogen) atoms.